The Hall–Kier alpha value is -12.2. The third-order valence-electron chi connectivity index (χ3n) is 14.6. The van der Waals surface area contributed by atoms with Gasteiger partial charge >= 0.3 is 23.9 Å². The van der Waals surface area contributed by atoms with E-state index in [0.717, 1.165) is 99.1 Å². The second-order valence-corrected chi connectivity index (χ2v) is 19.9. The maximum atomic E-state index is 11.5. The van der Waals surface area contributed by atoms with E-state index in [4.69, 9.17) is 0 Å². The first-order valence-electron chi connectivity index (χ1n) is 26.5. The maximum absolute atomic E-state index is 11.5. The molecule has 8 nitrogen and oxygen atoms in total. The molecule has 0 saturated heterocycles. The fourth-order valence-corrected chi connectivity index (χ4v) is 10.2. The summed E-state index contributed by atoms with van der Waals surface area (Å²) in [6.07, 6.45) is 0. The van der Waals surface area contributed by atoms with E-state index >= 15 is 0 Å². The van der Waals surface area contributed by atoms with E-state index in [1.165, 1.54) is 0 Å². The van der Waals surface area contributed by atoms with Gasteiger partial charge in [-0.05, 0) is 235 Å². The topological polar surface area (TPSA) is 149 Å². The van der Waals surface area contributed by atoms with Gasteiger partial charge in [-0.2, -0.15) is 0 Å². The van der Waals surface area contributed by atoms with E-state index in [1.807, 2.05) is 48.5 Å². The molecule has 0 unspecified atom stereocenters. The maximum Gasteiger partial charge on any atom is 0.335 e. The largest absolute Gasteiger partial charge is 0.478 e. The molecule has 8 heteroatoms. The number of carboxylic acids is 4. The Morgan fingerprint density at radius 3 is 0.524 bits per heavy atom. The number of carboxylic acid groups (broad SMARTS) is 4. The average Bonchev–Trinajstić information content (AvgIpc) is 0.877. The van der Waals surface area contributed by atoms with E-state index in [-0.39, 0.29) is 22.3 Å². The first kappa shape index (κ1) is 52.5. The SMILES string of the molecule is O=C(O)c1ccc(C#Cc2ccc(-c3cc(-c4ccc(C#Cc5ccc(C(=O)O)cc5)cc4)c4ccc5c(-c6ccc(C#Cc7ccc(C(=O)O)cc7)cc6)cc(-c6ccc(C#Cc7ccc(C(=O)O)cc7)cc6)c6ccc3c4c65)cc2)cc1. The van der Waals surface area contributed by atoms with Crippen LogP contribution in [0.25, 0.3) is 76.8 Å². The predicted octanol–water partition coefficient (Wildman–Crippen LogP) is 15.6. The van der Waals surface area contributed by atoms with Crippen molar-refractivity contribution in [3.05, 3.63) is 297 Å². The molecular weight excluding hydrogens is 1040 g/mol. The van der Waals surface area contributed by atoms with Gasteiger partial charge < -0.3 is 20.4 Å². The summed E-state index contributed by atoms with van der Waals surface area (Å²) in [6.45, 7) is 0. The number of carbonyl (C=O) groups is 4. The summed E-state index contributed by atoms with van der Waals surface area (Å²) in [5, 5.41) is 43.9. The van der Waals surface area contributed by atoms with E-state index < -0.39 is 23.9 Å². The van der Waals surface area contributed by atoms with Crippen LogP contribution in [0.1, 0.15) is 85.9 Å². The van der Waals surface area contributed by atoms with Crippen molar-refractivity contribution >= 4 is 56.2 Å². The van der Waals surface area contributed by atoms with Gasteiger partial charge in [-0.1, -0.05) is 120 Å². The summed E-state index contributed by atoms with van der Waals surface area (Å²) in [5.41, 5.74) is 14.7. The molecule has 0 radical (unpaired) electrons. The highest BCUT2D eigenvalue weighted by molar-refractivity contribution is 6.32. The molecule has 0 amide bonds. The lowest BCUT2D eigenvalue weighted by Crippen LogP contribution is -1.95. The van der Waals surface area contributed by atoms with Gasteiger partial charge in [-0.3, -0.25) is 0 Å². The van der Waals surface area contributed by atoms with Crippen molar-refractivity contribution in [2.75, 3.05) is 0 Å². The molecule has 394 valence electrons. The Kier molecular flexibility index (Phi) is 14.1. The van der Waals surface area contributed by atoms with Crippen molar-refractivity contribution in [1.29, 1.82) is 0 Å². The van der Waals surface area contributed by atoms with E-state index in [2.05, 4.69) is 132 Å². The smallest absolute Gasteiger partial charge is 0.335 e. The summed E-state index contributed by atoms with van der Waals surface area (Å²) in [5.74, 6) is 21.7. The Bertz CT molecular complexity index is 4260. The molecule has 0 aliphatic carbocycles. The molecule has 0 heterocycles. The molecule has 0 atom stereocenters. The molecule has 12 aromatic carbocycles. The summed E-state index contributed by atoms with van der Waals surface area (Å²) >= 11 is 0. The van der Waals surface area contributed by atoms with Gasteiger partial charge in [0, 0.05) is 44.5 Å². The highest BCUT2D eigenvalue weighted by atomic mass is 16.4. The molecule has 0 fully saturated rings. The minimum Gasteiger partial charge on any atom is -0.478 e. The molecule has 0 spiro atoms. The lowest BCUT2D eigenvalue weighted by atomic mass is 9.81. The Labute approximate surface area is 482 Å². The molecule has 0 saturated carbocycles. The second-order valence-electron chi connectivity index (χ2n) is 19.9. The third kappa shape index (κ3) is 10.9. The standard InChI is InChI=1S/C76H42O8/c77-73(78)59-33-17-51(18-34-59)5-1-47-9-25-55(26-10-47)67-45-68(56-27-11-48(12-28-56)2-6-52-19-35-60(36-20-52)74(79)80)64-43-44-66-70(58-31-15-50(16-32-58)4-8-54-23-39-62(40-24-54)76(83)84)46-69(65-42-41-63(67)71(64)72(65)66)57-29-13-49(14-30-57)3-7-53-21-37-61(38-22-53)75(81)82/h9-46H,(H,77,78)(H,79,80)(H,81,82)(H,83,84). The lowest BCUT2D eigenvalue weighted by molar-refractivity contribution is 0.0686. The monoisotopic (exact) mass is 1080 g/mol. The lowest BCUT2D eigenvalue weighted by Gasteiger charge is -2.21. The first-order valence-corrected chi connectivity index (χ1v) is 26.5. The van der Waals surface area contributed by atoms with Crippen molar-refractivity contribution < 1.29 is 39.6 Å². The van der Waals surface area contributed by atoms with Crippen LogP contribution in [0.3, 0.4) is 0 Å². The van der Waals surface area contributed by atoms with Crippen LogP contribution >= 0.6 is 0 Å². The van der Waals surface area contributed by atoms with Crippen LogP contribution in [-0.4, -0.2) is 44.3 Å². The van der Waals surface area contributed by atoms with E-state index in [9.17, 15) is 39.6 Å². The molecule has 0 bridgehead atoms. The van der Waals surface area contributed by atoms with Gasteiger partial charge in [0.15, 0.2) is 0 Å². The molecule has 0 aromatic heterocycles. The molecular formula is C76H42O8. The Morgan fingerprint density at radius 2 is 0.369 bits per heavy atom. The zero-order valence-electron chi connectivity index (χ0n) is 44.4. The third-order valence-corrected chi connectivity index (χ3v) is 14.6. The van der Waals surface area contributed by atoms with Crippen molar-refractivity contribution in [1.82, 2.24) is 0 Å². The zero-order chi connectivity index (χ0) is 57.8. The first-order chi connectivity index (χ1) is 40.9. The number of hydrogen-bond donors (Lipinski definition) is 4. The van der Waals surface area contributed by atoms with Gasteiger partial charge in [-0.25, -0.2) is 19.2 Å². The minimum atomic E-state index is -0.996. The van der Waals surface area contributed by atoms with Gasteiger partial charge in [-0.15, -0.1) is 0 Å². The Balaban J connectivity index is 1.01. The van der Waals surface area contributed by atoms with Gasteiger partial charge in [0.25, 0.3) is 0 Å². The van der Waals surface area contributed by atoms with Crippen LogP contribution in [-0.2, 0) is 0 Å². The van der Waals surface area contributed by atoms with Crippen LogP contribution in [0, 0.1) is 47.4 Å². The Morgan fingerprint density at radius 1 is 0.214 bits per heavy atom. The molecule has 0 aliphatic rings. The van der Waals surface area contributed by atoms with E-state index in [1.54, 1.807) is 97.1 Å². The number of benzene rings is 12. The van der Waals surface area contributed by atoms with Crippen molar-refractivity contribution in [2.24, 2.45) is 0 Å². The summed E-state index contributed by atoms with van der Waals surface area (Å²) < 4.78 is 0. The van der Waals surface area contributed by atoms with Crippen LogP contribution in [0.2, 0.25) is 0 Å². The van der Waals surface area contributed by atoms with Crippen LogP contribution in [0.4, 0.5) is 0 Å². The molecule has 12 aromatic rings. The second kappa shape index (κ2) is 22.5. The fourth-order valence-electron chi connectivity index (χ4n) is 10.2. The molecule has 12 rings (SSSR count). The van der Waals surface area contributed by atoms with Gasteiger partial charge in [0.05, 0.1) is 22.3 Å². The molecule has 0 aliphatic heterocycles. The minimum absolute atomic E-state index is 0.194. The van der Waals surface area contributed by atoms with Crippen LogP contribution in [0.5, 0.6) is 0 Å². The van der Waals surface area contributed by atoms with Crippen molar-refractivity contribution in [3.8, 4) is 91.9 Å². The highest BCUT2D eigenvalue weighted by Gasteiger charge is 2.21. The van der Waals surface area contributed by atoms with Crippen LogP contribution < -0.4 is 0 Å². The highest BCUT2D eigenvalue weighted by Crippen LogP contribution is 2.48. The van der Waals surface area contributed by atoms with Crippen LogP contribution in [0.15, 0.2) is 231 Å². The summed E-state index contributed by atoms with van der Waals surface area (Å²) in [6, 6.07) is 71.9. The number of rotatable bonds is 8. The van der Waals surface area contributed by atoms with Crippen molar-refractivity contribution in [2.45, 2.75) is 0 Å². The number of aromatic carboxylic acids is 4. The summed E-state index contributed by atoms with van der Waals surface area (Å²) in [4.78, 5) is 45.8. The zero-order valence-corrected chi connectivity index (χ0v) is 44.4. The normalized spacial score (nSPS) is 10.6. The molecule has 4 N–H and O–H groups in total. The summed E-state index contributed by atoms with van der Waals surface area (Å²) in [7, 11) is 0. The van der Waals surface area contributed by atoms with Crippen molar-refractivity contribution in [3.63, 3.8) is 0 Å². The van der Waals surface area contributed by atoms with Gasteiger partial charge in [0.2, 0.25) is 0 Å². The quantitative estimate of drug-likeness (QED) is 0.0868. The predicted molar refractivity (Wildman–Crippen MR) is 329 cm³/mol. The fraction of sp³-hybridized carbons (Fsp3) is 0. The molecule has 84 heavy (non-hydrogen) atoms. The van der Waals surface area contributed by atoms with E-state index in [0.29, 0.717) is 22.3 Å². The number of hydrogen-bond acceptors (Lipinski definition) is 4. The van der Waals surface area contributed by atoms with Gasteiger partial charge in [0.1, 0.15) is 0 Å². The average molecular weight is 1080 g/mol.